The summed E-state index contributed by atoms with van der Waals surface area (Å²) >= 11 is 3.36. The number of hydrogen-bond acceptors (Lipinski definition) is 3. The van der Waals surface area contributed by atoms with Crippen molar-refractivity contribution in [3.05, 3.63) is 16.4 Å². The molecule has 0 saturated heterocycles. The number of carboxylic acid groups (broad SMARTS) is 1. The number of hydrogen-bond donors (Lipinski definition) is 2. The van der Waals surface area contributed by atoms with Gasteiger partial charge in [-0.25, -0.2) is 0 Å². The van der Waals surface area contributed by atoms with Crippen LogP contribution in [0.15, 0.2) is 10.7 Å². The van der Waals surface area contributed by atoms with Gasteiger partial charge in [0.05, 0.1) is 22.3 Å². The summed E-state index contributed by atoms with van der Waals surface area (Å²) < 4.78 is 2.50. The quantitative estimate of drug-likeness (QED) is 0.888. The van der Waals surface area contributed by atoms with Crippen LogP contribution in [0.4, 0.5) is 0 Å². The molecule has 1 aliphatic rings. The number of carboxylic acids is 1. The van der Waals surface area contributed by atoms with Crippen molar-refractivity contribution < 1.29 is 15.0 Å². The summed E-state index contributed by atoms with van der Waals surface area (Å²) in [4.78, 5) is 10.8. The molecule has 94 valence electrons. The van der Waals surface area contributed by atoms with E-state index >= 15 is 0 Å². The van der Waals surface area contributed by atoms with Crippen LogP contribution in [-0.2, 0) is 16.9 Å². The van der Waals surface area contributed by atoms with E-state index in [9.17, 15) is 9.90 Å². The topological polar surface area (TPSA) is 75.3 Å². The zero-order valence-corrected chi connectivity index (χ0v) is 11.1. The molecule has 0 bridgehead atoms. The molecule has 0 radical (unpaired) electrons. The van der Waals surface area contributed by atoms with Gasteiger partial charge in [-0.15, -0.1) is 0 Å². The fourth-order valence-electron chi connectivity index (χ4n) is 2.33. The molecule has 1 aromatic heterocycles. The van der Waals surface area contributed by atoms with Crippen LogP contribution >= 0.6 is 15.9 Å². The third kappa shape index (κ3) is 2.11. The monoisotopic (exact) mass is 302 g/mol. The van der Waals surface area contributed by atoms with Gasteiger partial charge in [0.1, 0.15) is 5.60 Å². The molecule has 1 fully saturated rings. The molecule has 2 N–H and O–H groups in total. The van der Waals surface area contributed by atoms with Gasteiger partial charge in [-0.1, -0.05) is 6.92 Å². The standard InChI is InChI=1S/C11H15BrN2O3/c1-2-3-14-9(8(12)6-13-14)11(17)4-7(5-11)10(15)16/h6-7,17H,2-5H2,1H3,(H,15,16). The molecule has 1 aliphatic carbocycles. The normalized spacial score (nSPS) is 27.8. The number of nitrogens with zero attached hydrogens (tertiary/aromatic N) is 2. The minimum absolute atomic E-state index is 0.260. The fourth-order valence-corrected chi connectivity index (χ4v) is 3.00. The van der Waals surface area contributed by atoms with Crippen LogP contribution < -0.4 is 0 Å². The van der Waals surface area contributed by atoms with Crippen LogP contribution in [0.25, 0.3) is 0 Å². The van der Waals surface area contributed by atoms with Gasteiger partial charge in [0.25, 0.3) is 0 Å². The SMILES string of the molecule is CCCn1ncc(Br)c1C1(O)CC(C(=O)O)C1. The lowest BCUT2D eigenvalue weighted by Crippen LogP contribution is -2.46. The summed E-state index contributed by atoms with van der Waals surface area (Å²) in [6, 6.07) is 0. The molecule has 17 heavy (non-hydrogen) atoms. The van der Waals surface area contributed by atoms with E-state index < -0.39 is 17.5 Å². The lowest BCUT2D eigenvalue weighted by atomic mass is 9.69. The van der Waals surface area contributed by atoms with Crippen LogP contribution in [0.1, 0.15) is 31.9 Å². The number of carbonyl (C=O) groups is 1. The molecule has 1 saturated carbocycles. The van der Waals surface area contributed by atoms with Gasteiger partial charge in [0.2, 0.25) is 0 Å². The number of aryl methyl sites for hydroxylation is 1. The molecule has 0 amide bonds. The average Bonchev–Trinajstić information content (AvgIpc) is 2.56. The Morgan fingerprint density at radius 1 is 1.71 bits per heavy atom. The molecule has 0 spiro atoms. The highest BCUT2D eigenvalue weighted by atomic mass is 79.9. The lowest BCUT2D eigenvalue weighted by Gasteiger charge is -2.41. The Kier molecular flexibility index (Phi) is 3.27. The van der Waals surface area contributed by atoms with Crippen LogP contribution in [-0.4, -0.2) is 26.0 Å². The molecule has 1 aromatic rings. The zero-order chi connectivity index (χ0) is 12.6. The van der Waals surface area contributed by atoms with Crippen molar-refractivity contribution in [3.63, 3.8) is 0 Å². The number of aliphatic carboxylic acids is 1. The maximum absolute atomic E-state index is 10.8. The maximum Gasteiger partial charge on any atom is 0.306 e. The first-order valence-corrected chi connectivity index (χ1v) is 6.44. The van der Waals surface area contributed by atoms with Crippen LogP contribution in [0.5, 0.6) is 0 Å². The van der Waals surface area contributed by atoms with Gasteiger partial charge in [0.15, 0.2) is 0 Å². The van der Waals surface area contributed by atoms with E-state index in [4.69, 9.17) is 5.11 Å². The van der Waals surface area contributed by atoms with Crippen molar-refractivity contribution in [1.82, 2.24) is 9.78 Å². The molecule has 1 heterocycles. The van der Waals surface area contributed by atoms with Gasteiger partial charge in [0, 0.05) is 6.54 Å². The summed E-state index contributed by atoms with van der Waals surface area (Å²) in [5, 5.41) is 23.5. The maximum atomic E-state index is 10.8. The number of aliphatic hydroxyl groups is 1. The highest BCUT2D eigenvalue weighted by molar-refractivity contribution is 9.10. The summed E-state index contributed by atoms with van der Waals surface area (Å²) in [7, 11) is 0. The van der Waals surface area contributed by atoms with E-state index in [0.717, 1.165) is 17.4 Å². The second-order valence-electron chi connectivity index (χ2n) is 4.54. The second-order valence-corrected chi connectivity index (χ2v) is 5.39. The summed E-state index contributed by atoms with van der Waals surface area (Å²) in [6.45, 7) is 2.76. The predicted octanol–water partition coefficient (Wildman–Crippen LogP) is 1.74. The van der Waals surface area contributed by atoms with E-state index in [1.54, 1.807) is 10.9 Å². The highest BCUT2D eigenvalue weighted by Crippen LogP contribution is 2.47. The smallest absolute Gasteiger partial charge is 0.306 e. The van der Waals surface area contributed by atoms with Gasteiger partial charge >= 0.3 is 5.97 Å². The minimum Gasteiger partial charge on any atom is -0.481 e. The Balaban J connectivity index is 2.23. The minimum atomic E-state index is -1.05. The van der Waals surface area contributed by atoms with E-state index in [0.29, 0.717) is 5.69 Å². The molecule has 5 nitrogen and oxygen atoms in total. The lowest BCUT2D eigenvalue weighted by molar-refractivity contribution is -0.160. The number of aromatic nitrogens is 2. The number of rotatable bonds is 4. The Morgan fingerprint density at radius 3 is 2.88 bits per heavy atom. The molecule has 0 unspecified atom stereocenters. The van der Waals surface area contributed by atoms with Gasteiger partial charge in [-0.2, -0.15) is 5.10 Å². The van der Waals surface area contributed by atoms with E-state index in [-0.39, 0.29) is 12.8 Å². The van der Waals surface area contributed by atoms with Crippen molar-refractivity contribution in [2.45, 2.75) is 38.3 Å². The van der Waals surface area contributed by atoms with Gasteiger partial charge in [-0.05, 0) is 35.2 Å². The van der Waals surface area contributed by atoms with Gasteiger partial charge in [-0.3, -0.25) is 9.48 Å². The van der Waals surface area contributed by atoms with Crippen molar-refractivity contribution in [2.75, 3.05) is 0 Å². The Bertz CT molecular complexity index is 438. The zero-order valence-electron chi connectivity index (χ0n) is 9.56. The first-order chi connectivity index (χ1) is 7.98. The van der Waals surface area contributed by atoms with Crippen molar-refractivity contribution in [3.8, 4) is 0 Å². The van der Waals surface area contributed by atoms with Gasteiger partial charge < -0.3 is 10.2 Å². The van der Waals surface area contributed by atoms with Crippen molar-refractivity contribution >= 4 is 21.9 Å². The van der Waals surface area contributed by atoms with E-state index in [1.165, 1.54) is 0 Å². The first kappa shape index (κ1) is 12.6. The third-order valence-electron chi connectivity index (χ3n) is 3.19. The van der Waals surface area contributed by atoms with Crippen molar-refractivity contribution in [2.24, 2.45) is 5.92 Å². The molecule has 2 rings (SSSR count). The van der Waals surface area contributed by atoms with Crippen molar-refractivity contribution in [1.29, 1.82) is 0 Å². The third-order valence-corrected chi connectivity index (χ3v) is 3.77. The van der Waals surface area contributed by atoms with Crippen LogP contribution in [0.3, 0.4) is 0 Å². The average molecular weight is 303 g/mol. The number of halogens is 1. The molecular formula is C11H15BrN2O3. The Hall–Kier alpha value is -0.880. The molecule has 6 heteroatoms. The van der Waals surface area contributed by atoms with Crippen LogP contribution in [0, 0.1) is 5.92 Å². The first-order valence-electron chi connectivity index (χ1n) is 5.65. The molecule has 0 aromatic carbocycles. The fraction of sp³-hybridized carbons (Fsp3) is 0.636. The Morgan fingerprint density at radius 2 is 2.35 bits per heavy atom. The molecule has 0 atom stereocenters. The second kappa shape index (κ2) is 4.42. The summed E-state index contributed by atoms with van der Waals surface area (Å²) in [6.07, 6.45) is 3.09. The predicted molar refractivity (Wildman–Crippen MR) is 64.5 cm³/mol. The summed E-state index contributed by atoms with van der Waals surface area (Å²) in [5.41, 5.74) is -0.343. The summed E-state index contributed by atoms with van der Waals surface area (Å²) in [5.74, 6) is -1.29. The Labute approximate surface area is 108 Å². The van der Waals surface area contributed by atoms with Crippen LogP contribution in [0.2, 0.25) is 0 Å². The largest absolute Gasteiger partial charge is 0.481 e. The highest BCUT2D eigenvalue weighted by Gasteiger charge is 2.50. The van der Waals surface area contributed by atoms with E-state index in [1.807, 2.05) is 6.92 Å². The molecule has 0 aliphatic heterocycles. The molecular weight excluding hydrogens is 288 g/mol. The van der Waals surface area contributed by atoms with E-state index in [2.05, 4.69) is 21.0 Å².